The van der Waals surface area contributed by atoms with Crippen molar-refractivity contribution in [3.05, 3.63) is 87.5 Å². The van der Waals surface area contributed by atoms with Crippen molar-refractivity contribution in [3.63, 3.8) is 0 Å². The van der Waals surface area contributed by atoms with Gasteiger partial charge < -0.3 is 5.11 Å². The fourth-order valence-electron chi connectivity index (χ4n) is 4.86. The molecule has 1 N–H and O–H groups in total. The Hall–Kier alpha value is -2.65. The fraction of sp³-hybridized carbons (Fsp3) is 0.296. The lowest BCUT2D eigenvalue weighted by atomic mass is 9.33. The summed E-state index contributed by atoms with van der Waals surface area (Å²) in [5, 5.41) is 9.16. The van der Waals surface area contributed by atoms with E-state index in [0.29, 0.717) is 6.54 Å². The number of rotatable bonds is 6. The molecule has 0 bridgehead atoms. The first-order valence-corrected chi connectivity index (χ1v) is 10.7. The zero-order valence-electron chi connectivity index (χ0n) is 19.1. The van der Waals surface area contributed by atoms with Gasteiger partial charge in [-0.2, -0.15) is 0 Å². The Labute approximate surface area is 181 Å². The molecule has 3 aromatic carbocycles. The van der Waals surface area contributed by atoms with Crippen LogP contribution < -0.4 is 16.4 Å². The van der Waals surface area contributed by atoms with Crippen LogP contribution in [0.1, 0.15) is 38.9 Å². The van der Waals surface area contributed by atoms with E-state index in [1.807, 2.05) is 6.21 Å². The predicted molar refractivity (Wildman–Crippen MR) is 132 cm³/mol. The molecule has 154 valence electrons. The minimum absolute atomic E-state index is 0.0639. The summed E-state index contributed by atoms with van der Waals surface area (Å²) in [6, 6.07) is 17.7. The molecule has 0 aromatic heterocycles. The molecule has 0 heterocycles. The monoisotopic (exact) mass is 397 g/mol. The molecule has 0 spiro atoms. The Morgan fingerprint density at radius 1 is 0.767 bits per heavy atom. The summed E-state index contributed by atoms with van der Waals surface area (Å²) in [7, 11) is 0. The van der Waals surface area contributed by atoms with E-state index in [1.54, 1.807) is 0 Å². The molecule has 30 heavy (non-hydrogen) atoms. The van der Waals surface area contributed by atoms with Crippen LogP contribution in [0, 0.1) is 41.5 Å². The van der Waals surface area contributed by atoms with E-state index in [-0.39, 0.29) is 13.3 Å². The van der Waals surface area contributed by atoms with Crippen molar-refractivity contribution in [1.82, 2.24) is 0 Å². The van der Waals surface area contributed by atoms with Gasteiger partial charge in [0.05, 0.1) is 13.2 Å². The molecule has 0 saturated carbocycles. The molecule has 0 radical (unpaired) electrons. The van der Waals surface area contributed by atoms with Gasteiger partial charge in [-0.05, 0) is 47.1 Å². The molecule has 2 nitrogen and oxygen atoms in total. The number of hydrogen-bond acceptors (Lipinski definition) is 2. The number of aryl methyl sites for hydroxylation is 6. The Morgan fingerprint density at radius 2 is 1.23 bits per heavy atom. The summed E-state index contributed by atoms with van der Waals surface area (Å²) in [5.74, 6) is 0. The summed E-state index contributed by atoms with van der Waals surface area (Å²) in [4.78, 5) is 4.43. The van der Waals surface area contributed by atoms with Crippen LogP contribution >= 0.6 is 0 Å². The molecule has 0 saturated heterocycles. The Balaban J connectivity index is 2.34. The number of nitrogens with zero attached hydrogens (tertiary/aromatic N) is 1. The molecule has 3 rings (SSSR count). The third-order valence-electron chi connectivity index (χ3n) is 5.82. The van der Waals surface area contributed by atoms with Gasteiger partial charge in [0.25, 0.3) is 0 Å². The fourth-order valence-corrected chi connectivity index (χ4v) is 4.86. The van der Waals surface area contributed by atoms with Gasteiger partial charge >= 0.3 is 0 Å². The van der Waals surface area contributed by atoms with E-state index in [1.165, 1.54) is 49.8 Å². The minimum Gasteiger partial charge on any atom is -0.394 e. The molecule has 3 aromatic rings. The van der Waals surface area contributed by atoms with Crippen LogP contribution in [-0.4, -0.2) is 31.2 Å². The van der Waals surface area contributed by atoms with E-state index in [9.17, 15) is 0 Å². The van der Waals surface area contributed by atoms with Crippen molar-refractivity contribution >= 4 is 29.3 Å². The first-order valence-electron chi connectivity index (χ1n) is 10.7. The predicted octanol–water partition coefficient (Wildman–Crippen LogP) is 3.46. The van der Waals surface area contributed by atoms with Crippen molar-refractivity contribution in [2.75, 3.05) is 13.2 Å². The second-order valence-corrected chi connectivity index (χ2v) is 8.45. The van der Waals surface area contributed by atoms with E-state index in [4.69, 9.17) is 5.11 Å². The molecule has 3 heteroatoms. The van der Waals surface area contributed by atoms with E-state index in [0.717, 1.165) is 5.56 Å². The number of aliphatic hydroxyl groups is 1. The third-order valence-corrected chi connectivity index (χ3v) is 5.82. The largest absolute Gasteiger partial charge is 0.394 e. The molecule has 0 atom stereocenters. The first kappa shape index (κ1) is 22.0. The second kappa shape index (κ2) is 9.44. The quantitative estimate of drug-likeness (QED) is 0.502. The molecule has 0 aliphatic heterocycles. The zero-order valence-corrected chi connectivity index (χ0v) is 19.1. The Bertz CT molecular complexity index is 980. The smallest absolute Gasteiger partial charge is 0.243 e. The summed E-state index contributed by atoms with van der Waals surface area (Å²) in [6.07, 6.45) is 1.91. The summed E-state index contributed by atoms with van der Waals surface area (Å²) < 4.78 is 0. The first-order chi connectivity index (χ1) is 14.3. The second-order valence-electron chi connectivity index (χ2n) is 8.45. The highest BCUT2D eigenvalue weighted by atomic mass is 16.3. The maximum atomic E-state index is 9.16. The van der Waals surface area contributed by atoms with Crippen LogP contribution in [0.4, 0.5) is 0 Å². The molecule has 0 aliphatic rings. The lowest BCUT2D eigenvalue weighted by Gasteiger charge is -2.25. The summed E-state index contributed by atoms with van der Waals surface area (Å²) >= 11 is 0. The Kier molecular flexibility index (Phi) is 6.94. The molecule has 0 fully saturated rings. The molecular weight excluding hydrogens is 365 g/mol. The highest BCUT2D eigenvalue weighted by Crippen LogP contribution is 2.13. The van der Waals surface area contributed by atoms with Gasteiger partial charge in [-0.15, -0.1) is 0 Å². The number of aliphatic hydroxyl groups excluding tert-OH is 1. The lowest BCUT2D eigenvalue weighted by Crippen LogP contribution is -2.56. The highest BCUT2D eigenvalue weighted by molar-refractivity contribution is 6.97. The lowest BCUT2D eigenvalue weighted by molar-refractivity contribution is 0.307. The van der Waals surface area contributed by atoms with Crippen molar-refractivity contribution in [3.8, 4) is 0 Å². The van der Waals surface area contributed by atoms with Crippen LogP contribution in [0.15, 0.2) is 53.5 Å². The van der Waals surface area contributed by atoms with E-state index < -0.39 is 0 Å². The maximum Gasteiger partial charge on any atom is 0.243 e. The summed E-state index contributed by atoms with van der Waals surface area (Å²) in [6.45, 7) is 13.8. The van der Waals surface area contributed by atoms with Gasteiger partial charge in [0.1, 0.15) is 0 Å². The van der Waals surface area contributed by atoms with Crippen LogP contribution in [0.25, 0.3) is 0 Å². The SMILES string of the molecule is Cc1cc(C)c(B(c2ccccc2C=NCCO)c2c(C)cc(C)cc2C)c(C)c1. The molecule has 0 unspecified atom stereocenters. The molecular formula is C27H32BNO. The number of benzene rings is 3. The zero-order chi connectivity index (χ0) is 21.8. The standard InChI is InChI=1S/C27H32BNO/c1-18-13-20(3)26(21(4)14-18)28(27-22(5)15-19(2)16-23(27)6)25-10-8-7-9-24(25)17-29-11-12-30/h7-10,13-17,30H,11-12H2,1-6H3. The van der Waals surface area contributed by atoms with Gasteiger partial charge in [0.2, 0.25) is 6.71 Å². The normalized spacial score (nSPS) is 11.3. The number of hydrogen-bond donors (Lipinski definition) is 1. The van der Waals surface area contributed by atoms with E-state index >= 15 is 0 Å². The Morgan fingerprint density at radius 3 is 1.70 bits per heavy atom. The van der Waals surface area contributed by atoms with Crippen molar-refractivity contribution < 1.29 is 5.11 Å². The van der Waals surface area contributed by atoms with E-state index in [2.05, 4.69) is 95.1 Å². The van der Waals surface area contributed by atoms with Crippen molar-refractivity contribution in [1.29, 1.82) is 0 Å². The average molecular weight is 397 g/mol. The van der Waals surface area contributed by atoms with Gasteiger partial charge in [0, 0.05) is 6.21 Å². The molecule has 0 aliphatic carbocycles. The van der Waals surface area contributed by atoms with Crippen LogP contribution in [0.5, 0.6) is 0 Å². The summed E-state index contributed by atoms with van der Waals surface area (Å²) in [5.41, 5.74) is 13.0. The number of aliphatic imine (C=N–C) groups is 1. The van der Waals surface area contributed by atoms with Crippen molar-refractivity contribution in [2.24, 2.45) is 4.99 Å². The van der Waals surface area contributed by atoms with Crippen molar-refractivity contribution in [2.45, 2.75) is 41.5 Å². The minimum atomic E-state index is 0.0639. The van der Waals surface area contributed by atoms with Gasteiger partial charge in [-0.3, -0.25) is 4.99 Å². The molecule has 0 amide bonds. The third kappa shape index (κ3) is 4.57. The van der Waals surface area contributed by atoms with Crippen LogP contribution in [0.2, 0.25) is 0 Å². The van der Waals surface area contributed by atoms with Gasteiger partial charge in [0.15, 0.2) is 0 Å². The van der Waals surface area contributed by atoms with Gasteiger partial charge in [-0.1, -0.05) is 98.3 Å². The van der Waals surface area contributed by atoms with Crippen LogP contribution in [-0.2, 0) is 0 Å². The topological polar surface area (TPSA) is 32.6 Å². The maximum absolute atomic E-state index is 9.16. The van der Waals surface area contributed by atoms with Crippen LogP contribution in [0.3, 0.4) is 0 Å². The highest BCUT2D eigenvalue weighted by Gasteiger charge is 2.29. The van der Waals surface area contributed by atoms with Gasteiger partial charge in [-0.25, -0.2) is 0 Å². The average Bonchev–Trinajstić information content (AvgIpc) is 2.66.